The summed E-state index contributed by atoms with van der Waals surface area (Å²) in [4.78, 5) is 0. The lowest BCUT2D eigenvalue weighted by atomic mass is 10.2. The number of hydrogen-bond acceptors (Lipinski definition) is 3. The van der Waals surface area contributed by atoms with Gasteiger partial charge in [-0.2, -0.15) is 0 Å². The van der Waals surface area contributed by atoms with Gasteiger partial charge in [-0.3, -0.25) is 0 Å². The fourth-order valence-corrected chi connectivity index (χ4v) is 3.26. The maximum atomic E-state index is 6.15. The molecule has 4 nitrogen and oxygen atoms in total. The maximum Gasteiger partial charge on any atom is 0.264 e. The van der Waals surface area contributed by atoms with Gasteiger partial charge in [-0.1, -0.05) is 48.9 Å². The van der Waals surface area contributed by atoms with Crippen molar-refractivity contribution in [3.8, 4) is 11.6 Å². The number of hydrogen-bond donors (Lipinski definition) is 0. The number of benzene rings is 2. The Bertz CT molecular complexity index is 1020. The molecule has 2 aromatic heterocycles. The van der Waals surface area contributed by atoms with E-state index in [9.17, 15) is 0 Å². The molecule has 2 aromatic carbocycles. The van der Waals surface area contributed by atoms with Gasteiger partial charge in [-0.15, -0.1) is 10.2 Å². The molecule has 4 rings (SSSR count). The molecular weight excluding hydrogens is 334 g/mol. The van der Waals surface area contributed by atoms with Crippen LogP contribution >= 0.6 is 11.6 Å². The highest BCUT2D eigenvalue weighted by molar-refractivity contribution is 6.30. The Hall–Kier alpha value is -2.59. The van der Waals surface area contributed by atoms with E-state index in [4.69, 9.17) is 16.0 Å². The zero-order valence-electron chi connectivity index (χ0n) is 13.9. The second-order valence-electron chi connectivity index (χ2n) is 6.06. The molecule has 0 aliphatic heterocycles. The second-order valence-corrected chi connectivity index (χ2v) is 6.49. The summed E-state index contributed by atoms with van der Waals surface area (Å²) in [7, 11) is 0. The van der Waals surface area contributed by atoms with E-state index < -0.39 is 0 Å². The first-order chi connectivity index (χ1) is 12.2. The molecule has 0 radical (unpaired) electrons. The summed E-state index contributed by atoms with van der Waals surface area (Å²) < 4.78 is 8.07. The lowest BCUT2D eigenvalue weighted by molar-refractivity contribution is 0.498. The molecule has 4 aromatic rings. The number of aryl methyl sites for hydroxylation is 1. The quantitative estimate of drug-likeness (QED) is 0.487. The third kappa shape index (κ3) is 3.17. The van der Waals surface area contributed by atoms with Gasteiger partial charge in [0, 0.05) is 28.9 Å². The number of aromatic nitrogens is 3. The highest BCUT2D eigenvalue weighted by Gasteiger charge is 2.16. The van der Waals surface area contributed by atoms with E-state index in [1.54, 1.807) is 0 Å². The van der Waals surface area contributed by atoms with Crippen LogP contribution in [0, 0.1) is 0 Å². The van der Waals surface area contributed by atoms with Crippen LogP contribution in [-0.4, -0.2) is 14.8 Å². The SMILES string of the molecule is CCCc1nnc(-c2cc3ccccc3n2Cc2cccc(Cl)c2)o1. The first-order valence-electron chi connectivity index (χ1n) is 8.40. The van der Waals surface area contributed by atoms with Crippen LogP contribution < -0.4 is 0 Å². The largest absolute Gasteiger partial charge is 0.419 e. The van der Waals surface area contributed by atoms with Crippen LogP contribution in [0.25, 0.3) is 22.5 Å². The summed E-state index contributed by atoms with van der Waals surface area (Å²) in [6.45, 7) is 2.79. The third-order valence-corrected chi connectivity index (χ3v) is 4.43. The van der Waals surface area contributed by atoms with Gasteiger partial charge >= 0.3 is 0 Å². The summed E-state index contributed by atoms with van der Waals surface area (Å²) >= 11 is 6.15. The van der Waals surface area contributed by atoms with Crippen molar-refractivity contribution in [2.24, 2.45) is 0 Å². The smallest absolute Gasteiger partial charge is 0.264 e. The number of rotatable bonds is 5. The Labute approximate surface area is 151 Å². The summed E-state index contributed by atoms with van der Waals surface area (Å²) in [6.07, 6.45) is 1.77. The molecule has 0 bridgehead atoms. The molecule has 0 spiro atoms. The maximum absolute atomic E-state index is 6.15. The van der Waals surface area contributed by atoms with E-state index in [2.05, 4.69) is 46.0 Å². The molecule has 2 heterocycles. The normalized spacial score (nSPS) is 11.3. The van der Waals surface area contributed by atoms with Gasteiger partial charge in [0.05, 0.1) is 0 Å². The van der Waals surface area contributed by atoms with E-state index >= 15 is 0 Å². The molecule has 126 valence electrons. The lowest BCUT2D eigenvalue weighted by Gasteiger charge is -2.09. The van der Waals surface area contributed by atoms with Gasteiger partial charge in [-0.05, 0) is 36.2 Å². The highest BCUT2D eigenvalue weighted by Crippen LogP contribution is 2.29. The predicted octanol–water partition coefficient (Wildman–Crippen LogP) is 5.35. The van der Waals surface area contributed by atoms with Crippen molar-refractivity contribution in [3.05, 3.63) is 71.1 Å². The minimum Gasteiger partial charge on any atom is -0.419 e. The van der Waals surface area contributed by atoms with Gasteiger partial charge < -0.3 is 8.98 Å². The molecular formula is C20H18ClN3O. The molecule has 0 saturated heterocycles. The summed E-state index contributed by atoms with van der Waals surface area (Å²) in [5.41, 5.74) is 3.19. The van der Waals surface area contributed by atoms with Crippen LogP contribution in [0.5, 0.6) is 0 Å². The van der Waals surface area contributed by atoms with Crippen molar-refractivity contribution in [2.45, 2.75) is 26.3 Å². The average Bonchev–Trinajstić information content (AvgIpc) is 3.20. The minimum absolute atomic E-state index is 0.557. The molecule has 0 unspecified atom stereocenters. The zero-order valence-corrected chi connectivity index (χ0v) is 14.7. The van der Waals surface area contributed by atoms with Gasteiger partial charge in [0.25, 0.3) is 5.89 Å². The average molecular weight is 352 g/mol. The van der Waals surface area contributed by atoms with Crippen LogP contribution in [0.3, 0.4) is 0 Å². The van der Waals surface area contributed by atoms with Crippen LogP contribution in [0.1, 0.15) is 24.8 Å². The Morgan fingerprint density at radius 1 is 1.04 bits per heavy atom. The van der Waals surface area contributed by atoms with Crippen molar-refractivity contribution in [1.82, 2.24) is 14.8 Å². The van der Waals surface area contributed by atoms with E-state index in [1.165, 1.54) is 0 Å². The second kappa shape index (κ2) is 6.73. The molecule has 5 heteroatoms. The van der Waals surface area contributed by atoms with Crippen LogP contribution in [0.15, 0.2) is 59.0 Å². The fraction of sp³-hybridized carbons (Fsp3) is 0.200. The number of fused-ring (bicyclic) bond motifs is 1. The summed E-state index contributed by atoms with van der Waals surface area (Å²) in [5.74, 6) is 1.23. The van der Waals surface area contributed by atoms with Crippen molar-refractivity contribution < 1.29 is 4.42 Å². The molecule has 0 aliphatic rings. The predicted molar refractivity (Wildman–Crippen MR) is 99.8 cm³/mol. The molecule has 0 saturated carbocycles. The van der Waals surface area contributed by atoms with Crippen molar-refractivity contribution >= 4 is 22.5 Å². The topological polar surface area (TPSA) is 43.9 Å². The van der Waals surface area contributed by atoms with Crippen LogP contribution in [-0.2, 0) is 13.0 Å². The van der Waals surface area contributed by atoms with E-state index in [-0.39, 0.29) is 0 Å². The van der Waals surface area contributed by atoms with E-state index in [0.29, 0.717) is 18.3 Å². The lowest BCUT2D eigenvalue weighted by Crippen LogP contribution is -2.01. The molecule has 0 fully saturated rings. The zero-order chi connectivity index (χ0) is 17.2. The third-order valence-electron chi connectivity index (χ3n) is 4.19. The van der Waals surface area contributed by atoms with Gasteiger partial charge in [0.1, 0.15) is 5.69 Å². The Balaban J connectivity index is 1.82. The highest BCUT2D eigenvalue weighted by atomic mass is 35.5. The van der Waals surface area contributed by atoms with Crippen molar-refractivity contribution in [2.75, 3.05) is 0 Å². The first-order valence-corrected chi connectivity index (χ1v) is 8.78. The number of para-hydroxylation sites is 1. The summed E-state index contributed by atoms with van der Waals surface area (Å²) in [5, 5.41) is 10.3. The van der Waals surface area contributed by atoms with E-state index in [1.807, 2.05) is 30.3 Å². The molecule has 0 amide bonds. The van der Waals surface area contributed by atoms with Gasteiger partial charge in [0.15, 0.2) is 0 Å². The monoisotopic (exact) mass is 351 g/mol. The fourth-order valence-electron chi connectivity index (χ4n) is 3.05. The molecule has 0 aliphatic carbocycles. The Kier molecular flexibility index (Phi) is 4.28. The molecule has 25 heavy (non-hydrogen) atoms. The van der Waals surface area contributed by atoms with Crippen LogP contribution in [0.4, 0.5) is 0 Å². The van der Waals surface area contributed by atoms with Crippen LogP contribution in [0.2, 0.25) is 5.02 Å². The number of nitrogens with zero attached hydrogens (tertiary/aromatic N) is 3. The standard InChI is InChI=1S/C20H18ClN3O/c1-2-6-19-22-23-20(25-19)18-12-15-8-3-4-10-17(15)24(18)13-14-7-5-9-16(21)11-14/h3-5,7-12H,2,6,13H2,1H3. The minimum atomic E-state index is 0.557. The molecule has 0 N–H and O–H groups in total. The number of halogens is 1. The van der Waals surface area contributed by atoms with Crippen molar-refractivity contribution in [1.29, 1.82) is 0 Å². The summed E-state index contributed by atoms with van der Waals surface area (Å²) in [6, 6.07) is 18.3. The van der Waals surface area contributed by atoms with Gasteiger partial charge in [0.2, 0.25) is 5.89 Å². The van der Waals surface area contributed by atoms with Crippen molar-refractivity contribution in [3.63, 3.8) is 0 Å². The van der Waals surface area contributed by atoms with E-state index in [0.717, 1.165) is 40.0 Å². The van der Waals surface area contributed by atoms with Gasteiger partial charge in [-0.25, -0.2) is 0 Å². The first kappa shape index (κ1) is 15.9. The molecule has 0 atom stereocenters. The Morgan fingerprint density at radius 2 is 1.92 bits per heavy atom. The Morgan fingerprint density at radius 3 is 2.76 bits per heavy atom.